The Bertz CT molecular complexity index is 627. The Morgan fingerprint density at radius 2 is 1.90 bits per heavy atom. The second-order valence-corrected chi connectivity index (χ2v) is 6.78. The van der Waals surface area contributed by atoms with Crippen LogP contribution in [0, 0.1) is 5.92 Å². The van der Waals surface area contributed by atoms with Crippen molar-refractivity contribution < 1.29 is 0 Å². The second-order valence-electron chi connectivity index (χ2n) is 6.78. The third-order valence-electron chi connectivity index (χ3n) is 5.07. The summed E-state index contributed by atoms with van der Waals surface area (Å²) in [7, 11) is 0. The second kappa shape index (κ2) is 5.43. The Morgan fingerprint density at radius 3 is 2.76 bits per heavy atom. The summed E-state index contributed by atoms with van der Waals surface area (Å²) in [5.74, 6) is 0.931. The maximum atomic E-state index is 3.66. The van der Waals surface area contributed by atoms with Crippen LogP contribution in [0.15, 0.2) is 42.5 Å². The zero-order valence-corrected chi connectivity index (χ0v) is 12.8. The Kier molecular flexibility index (Phi) is 3.44. The summed E-state index contributed by atoms with van der Waals surface area (Å²) in [5, 5.41) is 6.44. The monoisotopic (exact) mass is 280 g/mol. The number of fused-ring (bicyclic) bond motifs is 1. The van der Waals surface area contributed by atoms with Gasteiger partial charge in [0.15, 0.2) is 0 Å². The van der Waals surface area contributed by atoms with Gasteiger partial charge < -0.3 is 5.32 Å². The highest BCUT2D eigenvalue weighted by Gasteiger charge is 2.37. The maximum absolute atomic E-state index is 3.66. The molecule has 1 N–H and O–H groups in total. The summed E-state index contributed by atoms with van der Waals surface area (Å²) in [6.07, 6.45) is 2.85. The SMILES string of the molecule is CC1CN(Cc2cccc3ccccc23)C(C2CC2)CN1. The van der Waals surface area contributed by atoms with E-state index in [2.05, 4.69) is 59.6 Å². The third-order valence-corrected chi connectivity index (χ3v) is 5.07. The van der Waals surface area contributed by atoms with Gasteiger partial charge in [-0.3, -0.25) is 4.90 Å². The highest BCUT2D eigenvalue weighted by Crippen LogP contribution is 2.37. The van der Waals surface area contributed by atoms with Crippen molar-refractivity contribution in [3.63, 3.8) is 0 Å². The molecule has 2 fully saturated rings. The minimum Gasteiger partial charge on any atom is -0.311 e. The van der Waals surface area contributed by atoms with Gasteiger partial charge in [0, 0.05) is 31.7 Å². The molecule has 4 rings (SSSR count). The summed E-state index contributed by atoms with van der Waals surface area (Å²) >= 11 is 0. The lowest BCUT2D eigenvalue weighted by atomic mass is 10.0. The van der Waals surface area contributed by atoms with Gasteiger partial charge >= 0.3 is 0 Å². The molecule has 2 aliphatic rings. The van der Waals surface area contributed by atoms with Crippen LogP contribution in [0.3, 0.4) is 0 Å². The van der Waals surface area contributed by atoms with Gasteiger partial charge in [-0.2, -0.15) is 0 Å². The Labute approximate surface area is 127 Å². The Hall–Kier alpha value is -1.38. The van der Waals surface area contributed by atoms with E-state index in [4.69, 9.17) is 0 Å². The highest BCUT2D eigenvalue weighted by molar-refractivity contribution is 5.85. The highest BCUT2D eigenvalue weighted by atomic mass is 15.2. The van der Waals surface area contributed by atoms with Gasteiger partial charge in [0.2, 0.25) is 0 Å². The van der Waals surface area contributed by atoms with Crippen molar-refractivity contribution >= 4 is 10.8 Å². The van der Waals surface area contributed by atoms with E-state index in [0.717, 1.165) is 25.0 Å². The van der Waals surface area contributed by atoms with E-state index < -0.39 is 0 Å². The van der Waals surface area contributed by atoms with E-state index in [9.17, 15) is 0 Å². The van der Waals surface area contributed by atoms with Gasteiger partial charge in [0.25, 0.3) is 0 Å². The molecule has 0 spiro atoms. The molecule has 2 nitrogen and oxygen atoms in total. The Balaban J connectivity index is 1.63. The minimum absolute atomic E-state index is 0.606. The van der Waals surface area contributed by atoms with Gasteiger partial charge in [0.05, 0.1) is 0 Å². The first-order valence-corrected chi connectivity index (χ1v) is 8.25. The molecule has 0 bridgehead atoms. The van der Waals surface area contributed by atoms with Crippen molar-refractivity contribution in [2.24, 2.45) is 5.92 Å². The molecule has 1 saturated heterocycles. The third kappa shape index (κ3) is 2.70. The van der Waals surface area contributed by atoms with E-state index in [-0.39, 0.29) is 0 Å². The molecule has 0 amide bonds. The predicted molar refractivity (Wildman–Crippen MR) is 88.3 cm³/mol. The van der Waals surface area contributed by atoms with Gasteiger partial charge in [-0.15, -0.1) is 0 Å². The number of benzene rings is 2. The van der Waals surface area contributed by atoms with Crippen molar-refractivity contribution in [3.05, 3.63) is 48.0 Å². The molecule has 2 aromatic rings. The van der Waals surface area contributed by atoms with E-state index in [1.165, 1.54) is 35.7 Å². The fraction of sp³-hybridized carbons (Fsp3) is 0.474. The number of nitrogens with zero attached hydrogens (tertiary/aromatic N) is 1. The number of nitrogens with one attached hydrogen (secondary N) is 1. The van der Waals surface area contributed by atoms with Gasteiger partial charge in [-0.1, -0.05) is 42.5 Å². The van der Waals surface area contributed by atoms with E-state index in [1.807, 2.05) is 0 Å². The Morgan fingerprint density at radius 1 is 1.10 bits per heavy atom. The lowest BCUT2D eigenvalue weighted by molar-refractivity contribution is 0.112. The number of rotatable bonds is 3. The van der Waals surface area contributed by atoms with Gasteiger partial charge in [-0.05, 0) is 42.0 Å². The zero-order valence-electron chi connectivity index (χ0n) is 12.8. The van der Waals surface area contributed by atoms with Crippen molar-refractivity contribution in [2.45, 2.75) is 38.4 Å². The van der Waals surface area contributed by atoms with Crippen molar-refractivity contribution in [1.82, 2.24) is 10.2 Å². The molecule has 1 aliphatic carbocycles. The van der Waals surface area contributed by atoms with E-state index >= 15 is 0 Å². The van der Waals surface area contributed by atoms with Crippen LogP contribution in [-0.2, 0) is 6.54 Å². The summed E-state index contributed by atoms with van der Waals surface area (Å²) < 4.78 is 0. The molecule has 2 unspecified atom stereocenters. The summed E-state index contributed by atoms with van der Waals surface area (Å²) in [6.45, 7) is 5.73. The van der Waals surface area contributed by atoms with Crippen LogP contribution in [0.5, 0.6) is 0 Å². The first-order valence-electron chi connectivity index (χ1n) is 8.25. The molecular weight excluding hydrogens is 256 g/mol. The van der Waals surface area contributed by atoms with Crippen LogP contribution in [0.1, 0.15) is 25.3 Å². The fourth-order valence-electron chi connectivity index (χ4n) is 3.78. The summed E-state index contributed by atoms with van der Waals surface area (Å²) in [5.41, 5.74) is 1.48. The molecule has 2 heteroatoms. The largest absolute Gasteiger partial charge is 0.311 e. The molecule has 2 aromatic carbocycles. The predicted octanol–water partition coefficient (Wildman–Crippen LogP) is 3.41. The van der Waals surface area contributed by atoms with Crippen LogP contribution < -0.4 is 5.32 Å². The summed E-state index contributed by atoms with van der Waals surface area (Å²) in [4.78, 5) is 2.72. The molecule has 21 heavy (non-hydrogen) atoms. The molecular formula is C19H24N2. The molecule has 1 saturated carbocycles. The molecule has 110 valence electrons. The van der Waals surface area contributed by atoms with Crippen molar-refractivity contribution in [2.75, 3.05) is 13.1 Å². The molecule has 1 aliphatic heterocycles. The first kappa shape index (κ1) is 13.3. The van der Waals surface area contributed by atoms with Crippen molar-refractivity contribution in [1.29, 1.82) is 0 Å². The number of hydrogen-bond acceptors (Lipinski definition) is 2. The minimum atomic E-state index is 0.606. The zero-order chi connectivity index (χ0) is 14.2. The molecule has 0 aromatic heterocycles. The average Bonchev–Trinajstić information content (AvgIpc) is 3.33. The van der Waals surface area contributed by atoms with E-state index in [1.54, 1.807) is 0 Å². The number of hydrogen-bond donors (Lipinski definition) is 1. The fourth-order valence-corrected chi connectivity index (χ4v) is 3.78. The quantitative estimate of drug-likeness (QED) is 0.927. The lowest BCUT2D eigenvalue weighted by Gasteiger charge is -2.40. The van der Waals surface area contributed by atoms with Crippen LogP contribution in [-0.4, -0.2) is 30.1 Å². The standard InChI is InChI=1S/C19H24N2/c1-14-12-21(19(11-20-14)16-9-10-16)13-17-7-4-6-15-5-2-3-8-18(15)17/h2-8,14,16,19-20H,9-13H2,1H3. The maximum Gasteiger partial charge on any atom is 0.0253 e. The molecule has 1 heterocycles. The normalized spacial score (nSPS) is 27.1. The van der Waals surface area contributed by atoms with Gasteiger partial charge in [-0.25, -0.2) is 0 Å². The van der Waals surface area contributed by atoms with Gasteiger partial charge in [0.1, 0.15) is 0 Å². The van der Waals surface area contributed by atoms with Crippen LogP contribution in [0.4, 0.5) is 0 Å². The molecule has 2 atom stereocenters. The molecule has 0 radical (unpaired) electrons. The van der Waals surface area contributed by atoms with Crippen LogP contribution >= 0.6 is 0 Å². The number of piperazine rings is 1. The summed E-state index contributed by atoms with van der Waals surface area (Å²) in [6, 6.07) is 16.8. The topological polar surface area (TPSA) is 15.3 Å². The van der Waals surface area contributed by atoms with Crippen molar-refractivity contribution in [3.8, 4) is 0 Å². The first-order chi connectivity index (χ1) is 10.3. The van der Waals surface area contributed by atoms with Crippen LogP contribution in [0.2, 0.25) is 0 Å². The van der Waals surface area contributed by atoms with Crippen LogP contribution in [0.25, 0.3) is 10.8 Å². The average molecular weight is 280 g/mol. The lowest BCUT2D eigenvalue weighted by Crippen LogP contribution is -2.55. The smallest absolute Gasteiger partial charge is 0.0253 e. The van der Waals surface area contributed by atoms with E-state index in [0.29, 0.717) is 6.04 Å².